The Morgan fingerprint density at radius 2 is 1.89 bits per heavy atom. The van der Waals surface area contributed by atoms with Gasteiger partial charge in [0.1, 0.15) is 0 Å². The number of amides is 1. The summed E-state index contributed by atoms with van der Waals surface area (Å²) in [5.41, 5.74) is 5.32. The van der Waals surface area contributed by atoms with Crippen LogP contribution in [0.1, 0.15) is 17.3 Å². The third-order valence-corrected chi connectivity index (χ3v) is 5.89. The number of nitrogens with two attached hydrogens (primary N) is 1. The Labute approximate surface area is 168 Å². The van der Waals surface area contributed by atoms with E-state index >= 15 is 0 Å². The molecule has 0 bridgehead atoms. The Hall–Kier alpha value is -2.84. The van der Waals surface area contributed by atoms with Gasteiger partial charge in [-0.1, -0.05) is 35.9 Å². The smallest absolute Gasteiger partial charge is 0.340 e. The van der Waals surface area contributed by atoms with Gasteiger partial charge in [0.25, 0.3) is 15.9 Å². The zero-order valence-corrected chi connectivity index (χ0v) is 16.6. The van der Waals surface area contributed by atoms with Gasteiger partial charge in [-0.05, 0) is 37.3 Å². The average molecular weight is 423 g/mol. The Balaban J connectivity index is 2.47. The second kappa shape index (κ2) is 8.90. The van der Waals surface area contributed by atoms with E-state index in [1.165, 1.54) is 25.1 Å². The lowest BCUT2D eigenvalue weighted by molar-refractivity contribution is -0.125. The molecule has 2 aromatic carbocycles. The fraction of sp³-hybridized carbons (Fsp3) is 0.158. The molecule has 148 valence electrons. The molecule has 0 aliphatic carbocycles. The zero-order valence-electron chi connectivity index (χ0n) is 15.0. The fourth-order valence-electron chi connectivity index (χ4n) is 2.28. The third kappa shape index (κ3) is 4.71. The molecule has 0 heterocycles. The Morgan fingerprint density at radius 1 is 1.25 bits per heavy atom. The van der Waals surface area contributed by atoms with Gasteiger partial charge in [0, 0.05) is 0 Å². The molecule has 0 saturated heterocycles. The molecule has 0 fully saturated rings. The summed E-state index contributed by atoms with van der Waals surface area (Å²) in [6.07, 6.45) is 0.259. The number of benzene rings is 2. The Bertz CT molecular complexity index is 993. The number of sulfonamides is 1. The molecule has 0 saturated carbocycles. The van der Waals surface area contributed by atoms with Crippen LogP contribution in [0.15, 0.2) is 66.1 Å². The van der Waals surface area contributed by atoms with E-state index in [-0.39, 0.29) is 22.0 Å². The number of hydrogen-bond donors (Lipinski definition) is 1. The van der Waals surface area contributed by atoms with Crippen LogP contribution in [0.5, 0.6) is 0 Å². The number of hydrogen-bond acceptors (Lipinski definition) is 5. The lowest BCUT2D eigenvalue weighted by Crippen LogP contribution is -2.32. The number of ether oxygens (including phenoxy) is 1. The number of esters is 1. The highest BCUT2D eigenvalue weighted by molar-refractivity contribution is 7.92. The van der Waals surface area contributed by atoms with Crippen LogP contribution in [0.3, 0.4) is 0 Å². The molecular weight excluding hydrogens is 404 g/mol. The summed E-state index contributed by atoms with van der Waals surface area (Å²) >= 11 is 6.02. The molecule has 9 heteroatoms. The van der Waals surface area contributed by atoms with E-state index in [0.717, 1.165) is 10.4 Å². The third-order valence-electron chi connectivity index (χ3n) is 3.77. The number of para-hydroxylation sites is 1. The summed E-state index contributed by atoms with van der Waals surface area (Å²) < 4.78 is 32.4. The van der Waals surface area contributed by atoms with Crippen molar-refractivity contribution < 1.29 is 22.7 Å². The van der Waals surface area contributed by atoms with Gasteiger partial charge in [0.05, 0.1) is 27.7 Å². The molecule has 1 amide bonds. The van der Waals surface area contributed by atoms with Crippen LogP contribution < -0.4 is 10.0 Å². The summed E-state index contributed by atoms with van der Waals surface area (Å²) in [6.45, 7) is 4.92. The standard InChI is InChI=1S/C19H19ClN2O5S/c1-3-11-22(14-7-5-4-6-8-14)28(25,26)15-9-10-17(20)16(12-15)19(24)27-13(2)18(21)23/h3-10,12-13H,1,11H2,2H3,(H2,21,23)/t13-/m0/s1. The lowest BCUT2D eigenvalue weighted by Gasteiger charge is -2.23. The van der Waals surface area contributed by atoms with Crippen LogP contribution in [0.2, 0.25) is 5.02 Å². The molecule has 0 aliphatic heterocycles. The number of primary amides is 1. The fourth-order valence-corrected chi connectivity index (χ4v) is 3.94. The van der Waals surface area contributed by atoms with Crippen molar-refractivity contribution in [1.82, 2.24) is 0 Å². The van der Waals surface area contributed by atoms with E-state index in [1.54, 1.807) is 30.3 Å². The summed E-state index contributed by atoms with van der Waals surface area (Å²) in [4.78, 5) is 23.2. The molecule has 2 N–H and O–H groups in total. The van der Waals surface area contributed by atoms with Crippen LogP contribution in [-0.4, -0.2) is 32.9 Å². The maximum atomic E-state index is 13.1. The van der Waals surface area contributed by atoms with Crippen LogP contribution in [0.25, 0.3) is 0 Å². The largest absolute Gasteiger partial charge is 0.449 e. The molecular formula is C19H19ClN2O5S. The summed E-state index contributed by atoms with van der Waals surface area (Å²) in [5, 5.41) is -0.0180. The SMILES string of the molecule is C=CCN(c1ccccc1)S(=O)(=O)c1ccc(Cl)c(C(=O)O[C@@H](C)C(N)=O)c1. The van der Waals surface area contributed by atoms with Crippen molar-refractivity contribution in [2.45, 2.75) is 17.9 Å². The number of nitrogens with zero attached hydrogens (tertiary/aromatic N) is 1. The van der Waals surface area contributed by atoms with Gasteiger partial charge in [0.2, 0.25) is 0 Å². The van der Waals surface area contributed by atoms with Crippen molar-refractivity contribution >= 4 is 39.2 Å². The first-order chi connectivity index (χ1) is 13.2. The minimum absolute atomic E-state index is 0.0180. The maximum absolute atomic E-state index is 13.1. The van der Waals surface area contributed by atoms with Gasteiger partial charge in [-0.3, -0.25) is 9.10 Å². The van der Waals surface area contributed by atoms with Gasteiger partial charge < -0.3 is 10.5 Å². The van der Waals surface area contributed by atoms with Crippen molar-refractivity contribution in [3.63, 3.8) is 0 Å². The molecule has 0 aromatic heterocycles. The van der Waals surface area contributed by atoms with E-state index in [9.17, 15) is 18.0 Å². The van der Waals surface area contributed by atoms with Crippen molar-refractivity contribution in [1.29, 1.82) is 0 Å². The second-order valence-corrected chi connectivity index (χ2v) is 8.02. The number of rotatable bonds is 8. The molecule has 0 spiro atoms. The predicted octanol–water partition coefficient (Wildman–Crippen LogP) is 2.75. The first-order valence-electron chi connectivity index (χ1n) is 8.17. The van der Waals surface area contributed by atoms with E-state index in [0.29, 0.717) is 5.69 Å². The van der Waals surface area contributed by atoms with Gasteiger partial charge in [-0.15, -0.1) is 6.58 Å². The monoisotopic (exact) mass is 422 g/mol. The molecule has 0 radical (unpaired) electrons. The van der Waals surface area contributed by atoms with Crippen LogP contribution in [0, 0.1) is 0 Å². The Kier molecular flexibility index (Phi) is 6.82. The second-order valence-electron chi connectivity index (χ2n) is 5.75. The number of halogens is 1. The minimum Gasteiger partial charge on any atom is -0.449 e. The molecule has 2 rings (SSSR count). The molecule has 2 aromatic rings. The predicted molar refractivity (Wildman–Crippen MR) is 107 cm³/mol. The number of anilines is 1. The first-order valence-corrected chi connectivity index (χ1v) is 9.98. The van der Waals surface area contributed by atoms with Crippen molar-refractivity contribution in [2.75, 3.05) is 10.8 Å². The van der Waals surface area contributed by atoms with E-state index in [4.69, 9.17) is 22.1 Å². The number of carbonyl (C=O) groups excluding carboxylic acids is 2. The number of carbonyl (C=O) groups is 2. The van der Waals surface area contributed by atoms with E-state index in [1.807, 2.05) is 0 Å². The average Bonchev–Trinajstić information content (AvgIpc) is 2.66. The van der Waals surface area contributed by atoms with Crippen molar-refractivity contribution in [2.24, 2.45) is 5.73 Å². The van der Waals surface area contributed by atoms with Gasteiger partial charge in [-0.2, -0.15) is 0 Å². The molecule has 1 atom stereocenters. The van der Waals surface area contributed by atoms with E-state index in [2.05, 4.69) is 6.58 Å². The van der Waals surface area contributed by atoms with Gasteiger partial charge >= 0.3 is 5.97 Å². The molecule has 7 nitrogen and oxygen atoms in total. The zero-order chi connectivity index (χ0) is 20.9. The highest BCUT2D eigenvalue weighted by atomic mass is 35.5. The highest BCUT2D eigenvalue weighted by Crippen LogP contribution is 2.27. The normalized spacial score (nSPS) is 12.1. The van der Waals surface area contributed by atoms with Gasteiger partial charge in [0.15, 0.2) is 6.10 Å². The molecule has 0 unspecified atom stereocenters. The van der Waals surface area contributed by atoms with Gasteiger partial charge in [-0.25, -0.2) is 13.2 Å². The quantitative estimate of drug-likeness (QED) is 0.520. The lowest BCUT2D eigenvalue weighted by atomic mass is 10.2. The minimum atomic E-state index is -4.03. The highest BCUT2D eigenvalue weighted by Gasteiger charge is 2.27. The van der Waals surface area contributed by atoms with Crippen molar-refractivity contribution in [3.05, 3.63) is 71.8 Å². The summed E-state index contributed by atoms with van der Waals surface area (Å²) in [6, 6.07) is 12.1. The molecule has 28 heavy (non-hydrogen) atoms. The van der Waals surface area contributed by atoms with Crippen molar-refractivity contribution in [3.8, 4) is 0 Å². The van der Waals surface area contributed by atoms with Crippen LogP contribution >= 0.6 is 11.6 Å². The van der Waals surface area contributed by atoms with Crippen LogP contribution in [-0.2, 0) is 19.6 Å². The molecule has 0 aliphatic rings. The topological polar surface area (TPSA) is 107 Å². The summed E-state index contributed by atoms with van der Waals surface area (Å²) in [5.74, 6) is -1.79. The Morgan fingerprint density at radius 3 is 2.46 bits per heavy atom. The van der Waals surface area contributed by atoms with Crippen LogP contribution in [0.4, 0.5) is 5.69 Å². The van der Waals surface area contributed by atoms with E-state index < -0.39 is 28.0 Å². The summed E-state index contributed by atoms with van der Waals surface area (Å²) in [7, 11) is -4.03. The first kappa shape index (κ1) is 21.5. The maximum Gasteiger partial charge on any atom is 0.340 e.